The summed E-state index contributed by atoms with van der Waals surface area (Å²) in [7, 11) is 2.01. The van der Waals surface area contributed by atoms with Gasteiger partial charge in [-0.1, -0.05) is 0 Å². The minimum Gasteiger partial charge on any atom is -0.379 e. The molecule has 3 rings (SSSR count). The first-order chi connectivity index (χ1) is 10.7. The Kier molecular flexibility index (Phi) is 4.97. The lowest BCUT2D eigenvalue weighted by Gasteiger charge is -2.25. The maximum absolute atomic E-state index is 5.37. The third-order valence-electron chi connectivity index (χ3n) is 3.64. The van der Waals surface area contributed by atoms with Gasteiger partial charge < -0.3 is 9.64 Å². The molecule has 0 aliphatic carbocycles. The van der Waals surface area contributed by atoms with Crippen molar-refractivity contribution in [2.75, 3.05) is 38.3 Å². The van der Waals surface area contributed by atoms with E-state index in [4.69, 9.17) is 9.72 Å². The predicted octanol–water partition coefficient (Wildman–Crippen LogP) is 1.71. The summed E-state index contributed by atoms with van der Waals surface area (Å²) >= 11 is 1.73. The Balaban J connectivity index is 1.57. The lowest BCUT2D eigenvalue weighted by Crippen LogP contribution is -2.35. The van der Waals surface area contributed by atoms with Crippen molar-refractivity contribution in [1.82, 2.24) is 20.1 Å². The molecule has 0 atom stereocenters. The number of rotatable bonds is 5. The van der Waals surface area contributed by atoms with Crippen molar-refractivity contribution in [2.45, 2.75) is 20.0 Å². The number of hydrogen-bond acceptors (Lipinski definition) is 7. The summed E-state index contributed by atoms with van der Waals surface area (Å²) in [6, 6.07) is 3.97. The van der Waals surface area contributed by atoms with E-state index in [1.807, 2.05) is 26.1 Å². The Morgan fingerprint density at radius 2 is 2.09 bits per heavy atom. The molecular weight excluding hydrogens is 298 g/mol. The Morgan fingerprint density at radius 3 is 2.82 bits per heavy atom. The topological polar surface area (TPSA) is 54.4 Å². The van der Waals surface area contributed by atoms with E-state index >= 15 is 0 Å². The molecule has 2 aromatic heterocycles. The summed E-state index contributed by atoms with van der Waals surface area (Å²) in [5.41, 5.74) is 2.01. The van der Waals surface area contributed by atoms with Crippen molar-refractivity contribution < 1.29 is 4.74 Å². The van der Waals surface area contributed by atoms with Crippen molar-refractivity contribution >= 4 is 17.2 Å². The summed E-state index contributed by atoms with van der Waals surface area (Å²) in [5, 5.41) is 11.6. The van der Waals surface area contributed by atoms with E-state index in [-0.39, 0.29) is 0 Å². The molecule has 0 radical (unpaired) electrons. The highest BCUT2D eigenvalue weighted by Gasteiger charge is 2.13. The van der Waals surface area contributed by atoms with Gasteiger partial charge in [0, 0.05) is 25.5 Å². The molecule has 1 aliphatic heterocycles. The maximum atomic E-state index is 5.37. The Labute approximate surface area is 134 Å². The molecule has 0 amide bonds. The number of thiazole rings is 1. The zero-order chi connectivity index (χ0) is 15.4. The van der Waals surface area contributed by atoms with Crippen LogP contribution in [0.25, 0.3) is 0 Å². The highest BCUT2D eigenvalue weighted by molar-refractivity contribution is 7.09. The number of nitrogens with zero attached hydrogens (tertiary/aromatic N) is 5. The number of aromatic nitrogens is 3. The van der Waals surface area contributed by atoms with Gasteiger partial charge in [0.1, 0.15) is 5.01 Å². The second-order valence-corrected chi connectivity index (χ2v) is 6.45. The van der Waals surface area contributed by atoms with Gasteiger partial charge in [0.05, 0.1) is 37.7 Å². The van der Waals surface area contributed by atoms with Crippen LogP contribution in [-0.2, 0) is 17.8 Å². The summed E-state index contributed by atoms with van der Waals surface area (Å²) < 4.78 is 5.37. The van der Waals surface area contributed by atoms with Crippen molar-refractivity contribution in [2.24, 2.45) is 0 Å². The van der Waals surface area contributed by atoms with Gasteiger partial charge in [-0.05, 0) is 19.1 Å². The Morgan fingerprint density at radius 1 is 1.27 bits per heavy atom. The van der Waals surface area contributed by atoms with Gasteiger partial charge in [0.15, 0.2) is 5.82 Å². The van der Waals surface area contributed by atoms with E-state index in [9.17, 15) is 0 Å². The van der Waals surface area contributed by atoms with Crippen LogP contribution in [0, 0.1) is 6.92 Å². The quantitative estimate of drug-likeness (QED) is 0.836. The SMILES string of the molecule is Cc1ccc(N(C)Cc2csc(CN3CCOCC3)n2)nn1. The third-order valence-corrected chi connectivity index (χ3v) is 4.52. The second-order valence-electron chi connectivity index (χ2n) is 5.51. The van der Waals surface area contributed by atoms with Crippen LogP contribution < -0.4 is 4.90 Å². The largest absolute Gasteiger partial charge is 0.379 e. The van der Waals surface area contributed by atoms with Gasteiger partial charge in [-0.25, -0.2) is 4.98 Å². The van der Waals surface area contributed by atoms with Crippen LogP contribution in [0.2, 0.25) is 0 Å². The number of anilines is 1. The molecule has 22 heavy (non-hydrogen) atoms. The van der Waals surface area contributed by atoms with E-state index in [0.29, 0.717) is 0 Å². The fourth-order valence-corrected chi connectivity index (χ4v) is 3.19. The first kappa shape index (κ1) is 15.3. The van der Waals surface area contributed by atoms with E-state index in [0.717, 1.165) is 56.6 Å². The van der Waals surface area contributed by atoms with Gasteiger partial charge >= 0.3 is 0 Å². The van der Waals surface area contributed by atoms with Crippen molar-refractivity contribution in [3.63, 3.8) is 0 Å². The highest BCUT2D eigenvalue weighted by Crippen LogP contribution is 2.16. The minimum absolute atomic E-state index is 0.747. The summed E-state index contributed by atoms with van der Waals surface area (Å²) in [5.74, 6) is 0.869. The van der Waals surface area contributed by atoms with E-state index < -0.39 is 0 Å². The number of morpholine rings is 1. The van der Waals surface area contributed by atoms with Crippen molar-refractivity contribution in [1.29, 1.82) is 0 Å². The fourth-order valence-electron chi connectivity index (χ4n) is 2.36. The average molecular weight is 319 g/mol. The van der Waals surface area contributed by atoms with Gasteiger partial charge in [-0.3, -0.25) is 4.90 Å². The number of hydrogen-bond donors (Lipinski definition) is 0. The third kappa shape index (κ3) is 4.00. The highest BCUT2D eigenvalue weighted by atomic mass is 32.1. The summed E-state index contributed by atoms with van der Waals surface area (Å²) in [6.45, 7) is 7.25. The summed E-state index contributed by atoms with van der Waals surface area (Å²) in [4.78, 5) is 9.19. The van der Waals surface area contributed by atoms with Crippen LogP contribution in [0.4, 0.5) is 5.82 Å². The average Bonchev–Trinajstić information content (AvgIpc) is 2.96. The molecule has 0 N–H and O–H groups in total. The van der Waals surface area contributed by atoms with Crippen LogP contribution in [-0.4, -0.2) is 53.4 Å². The smallest absolute Gasteiger partial charge is 0.151 e. The van der Waals surface area contributed by atoms with Crippen LogP contribution in [0.1, 0.15) is 16.4 Å². The van der Waals surface area contributed by atoms with E-state index in [1.165, 1.54) is 5.01 Å². The van der Waals surface area contributed by atoms with E-state index in [1.54, 1.807) is 11.3 Å². The van der Waals surface area contributed by atoms with Crippen LogP contribution >= 0.6 is 11.3 Å². The standard InChI is InChI=1S/C15H21N5OS/c1-12-3-4-14(18-17-12)19(2)9-13-11-22-15(16-13)10-20-5-7-21-8-6-20/h3-4,11H,5-10H2,1-2H3. The minimum atomic E-state index is 0.747. The molecule has 0 aromatic carbocycles. The fraction of sp³-hybridized carbons (Fsp3) is 0.533. The molecule has 1 fully saturated rings. The van der Waals surface area contributed by atoms with Gasteiger partial charge in [-0.15, -0.1) is 16.4 Å². The van der Waals surface area contributed by atoms with Crippen LogP contribution in [0.15, 0.2) is 17.5 Å². The van der Waals surface area contributed by atoms with Crippen LogP contribution in [0.5, 0.6) is 0 Å². The molecule has 118 valence electrons. The molecule has 7 heteroatoms. The predicted molar refractivity (Wildman–Crippen MR) is 87.1 cm³/mol. The van der Waals surface area contributed by atoms with Crippen LogP contribution in [0.3, 0.4) is 0 Å². The summed E-state index contributed by atoms with van der Waals surface area (Å²) in [6.07, 6.45) is 0. The van der Waals surface area contributed by atoms with Gasteiger partial charge in [0.2, 0.25) is 0 Å². The number of aryl methyl sites for hydroxylation is 1. The molecule has 2 aromatic rings. The molecular formula is C15H21N5OS. The molecule has 0 bridgehead atoms. The first-order valence-electron chi connectivity index (χ1n) is 7.45. The monoisotopic (exact) mass is 319 g/mol. The molecule has 6 nitrogen and oxygen atoms in total. The van der Waals surface area contributed by atoms with Gasteiger partial charge in [0.25, 0.3) is 0 Å². The zero-order valence-corrected chi connectivity index (χ0v) is 13.8. The van der Waals surface area contributed by atoms with Gasteiger partial charge in [-0.2, -0.15) is 5.10 Å². The van der Waals surface area contributed by atoms with E-state index in [2.05, 4.69) is 25.4 Å². The molecule has 0 saturated carbocycles. The van der Waals surface area contributed by atoms with Crippen molar-refractivity contribution in [3.05, 3.63) is 33.9 Å². The second kappa shape index (κ2) is 7.13. The number of ether oxygens (including phenoxy) is 1. The lowest BCUT2D eigenvalue weighted by atomic mass is 10.4. The first-order valence-corrected chi connectivity index (χ1v) is 8.33. The molecule has 0 spiro atoms. The molecule has 3 heterocycles. The zero-order valence-electron chi connectivity index (χ0n) is 13.0. The molecule has 1 saturated heterocycles. The Hall–Kier alpha value is -1.57. The maximum Gasteiger partial charge on any atom is 0.151 e. The van der Waals surface area contributed by atoms with Crippen molar-refractivity contribution in [3.8, 4) is 0 Å². The normalized spacial score (nSPS) is 15.9. The molecule has 1 aliphatic rings. The Bertz CT molecular complexity index is 594. The molecule has 0 unspecified atom stereocenters. The lowest BCUT2D eigenvalue weighted by molar-refractivity contribution is 0.0341.